The van der Waals surface area contributed by atoms with E-state index in [1.807, 2.05) is 0 Å². The highest BCUT2D eigenvalue weighted by molar-refractivity contribution is 7.13. The summed E-state index contributed by atoms with van der Waals surface area (Å²) in [6.07, 6.45) is 0. The maximum atomic E-state index is 12.0. The van der Waals surface area contributed by atoms with Crippen molar-refractivity contribution in [2.75, 3.05) is 11.1 Å². The third kappa shape index (κ3) is 2.86. The number of aromatic nitrogens is 1. The fourth-order valence-corrected chi connectivity index (χ4v) is 2.15. The number of benzene rings is 1. The molecule has 8 heteroatoms. The Hall–Kier alpha value is -2.48. The van der Waals surface area contributed by atoms with Gasteiger partial charge in [0.05, 0.1) is 10.6 Å². The molecule has 2 aromatic rings. The average molecular weight is 278 g/mol. The van der Waals surface area contributed by atoms with Gasteiger partial charge in [-0.1, -0.05) is 0 Å². The molecule has 0 spiro atoms. The molecule has 1 aromatic carbocycles. The smallest absolute Gasteiger partial charge is 0.282 e. The normalized spacial score (nSPS) is 10.2. The lowest BCUT2D eigenvalue weighted by atomic mass is 10.1. The van der Waals surface area contributed by atoms with Gasteiger partial charge in [0.1, 0.15) is 5.56 Å². The molecule has 0 aliphatic rings. The summed E-state index contributed by atoms with van der Waals surface area (Å²) in [5.74, 6) is -0.603. The number of carbonyl (C=O) groups excluding carboxylic acids is 1. The Kier molecular flexibility index (Phi) is 3.43. The van der Waals surface area contributed by atoms with E-state index in [9.17, 15) is 14.9 Å². The Morgan fingerprint density at radius 1 is 1.53 bits per heavy atom. The van der Waals surface area contributed by atoms with E-state index in [0.717, 1.165) is 5.69 Å². The van der Waals surface area contributed by atoms with Crippen molar-refractivity contribution in [2.45, 2.75) is 6.92 Å². The number of nitrogens with two attached hydrogens (primary N) is 1. The van der Waals surface area contributed by atoms with Crippen LogP contribution in [0.4, 0.5) is 16.5 Å². The summed E-state index contributed by atoms with van der Waals surface area (Å²) in [7, 11) is 0. The highest BCUT2D eigenvalue weighted by atomic mass is 32.1. The monoisotopic (exact) mass is 278 g/mol. The van der Waals surface area contributed by atoms with E-state index in [2.05, 4.69) is 10.3 Å². The van der Waals surface area contributed by atoms with Crippen molar-refractivity contribution >= 4 is 33.8 Å². The van der Waals surface area contributed by atoms with Crippen LogP contribution in [0, 0.1) is 17.0 Å². The van der Waals surface area contributed by atoms with Gasteiger partial charge in [-0.25, -0.2) is 4.98 Å². The van der Waals surface area contributed by atoms with Crippen molar-refractivity contribution < 1.29 is 9.72 Å². The van der Waals surface area contributed by atoms with Crippen molar-refractivity contribution in [3.05, 3.63) is 45.0 Å². The van der Waals surface area contributed by atoms with Gasteiger partial charge in [-0.05, 0) is 19.1 Å². The maximum Gasteiger partial charge on any atom is 0.282 e. The zero-order valence-corrected chi connectivity index (χ0v) is 10.7. The Morgan fingerprint density at radius 2 is 2.26 bits per heavy atom. The van der Waals surface area contributed by atoms with Gasteiger partial charge in [0.2, 0.25) is 0 Å². The molecule has 98 valence electrons. The van der Waals surface area contributed by atoms with Crippen LogP contribution < -0.4 is 11.1 Å². The maximum absolute atomic E-state index is 12.0. The molecule has 0 aliphatic heterocycles. The minimum absolute atomic E-state index is 0.0853. The Labute approximate surface area is 112 Å². The molecule has 0 atom stereocenters. The third-order valence-corrected chi connectivity index (χ3v) is 3.18. The van der Waals surface area contributed by atoms with Gasteiger partial charge in [0.25, 0.3) is 11.6 Å². The number of rotatable bonds is 3. The number of thiazole rings is 1. The van der Waals surface area contributed by atoms with Crippen LogP contribution in [0.2, 0.25) is 0 Å². The highest BCUT2D eigenvalue weighted by Crippen LogP contribution is 2.23. The van der Waals surface area contributed by atoms with Crippen LogP contribution in [0.3, 0.4) is 0 Å². The predicted octanol–water partition coefficient (Wildman–Crippen LogP) is 2.19. The van der Waals surface area contributed by atoms with E-state index >= 15 is 0 Å². The van der Waals surface area contributed by atoms with E-state index in [4.69, 9.17) is 5.73 Å². The van der Waals surface area contributed by atoms with Crippen LogP contribution in [-0.2, 0) is 0 Å². The first-order valence-corrected chi connectivity index (χ1v) is 6.12. The first kappa shape index (κ1) is 13.0. The zero-order chi connectivity index (χ0) is 14.0. The molecule has 19 heavy (non-hydrogen) atoms. The summed E-state index contributed by atoms with van der Waals surface area (Å²) < 4.78 is 0. The second-order valence-corrected chi connectivity index (χ2v) is 4.64. The topological polar surface area (TPSA) is 111 Å². The fraction of sp³-hybridized carbons (Fsp3) is 0.0909. The molecule has 2 rings (SSSR count). The molecule has 7 nitrogen and oxygen atoms in total. The van der Waals surface area contributed by atoms with E-state index in [1.54, 1.807) is 12.3 Å². The second-order valence-electron chi connectivity index (χ2n) is 3.78. The van der Waals surface area contributed by atoms with Crippen LogP contribution in [0.5, 0.6) is 0 Å². The number of nitrogens with zero attached hydrogens (tertiary/aromatic N) is 2. The summed E-state index contributed by atoms with van der Waals surface area (Å²) in [5, 5.41) is 15.5. The van der Waals surface area contributed by atoms with Crippen molar-refractivity contribution in [3.63, 3.8) is 0 Å². The van der Waals surface area contributed by atoms with Crippen molar-refractivity contribution in [2.24, 2.45) is 0 Å². The summed E-state index contributed by atoms with van der Waals surface area (Å²) in [5.41, 5.74) is 6.22. The molecule has 1 amide bonds. The zero-order valence-electron chi connectivity index (χ0n) is 9.91. The number of hydrogen-bond donors (Lipinski definition) is 2. The van der Waals surface area contributed by atoms with Crippen LogP contribution in [0.1, 0.15) is 16.1 Å². The van der Waals surface area contributed by atoms with Crippen LogP contribution in [0.15, 0.2) is 23.6 Å². The molecule has 0 unspecified atom stereocenters. The highest BCUT2D eigenvalue weighted by Gasteiger charge is 2.21. The summed E-state index contributed by atoms with van der Waals surface area (Å²) in [6, 6.07) is 3.85. The quantitative estimate of drug-likeness (QED) is 0.508. The Balaban J connectivity index is 2.32. The SMILES string of the molecule is Cc1csc(NC(=O)c2cc(N)ccc2[N+](=O)[O-])n1. The standard InChI is InChI=1S/C11H10N4O3S/c1-6-5-19-11(13-6)14-10(16)8-4-7(12)2-3-9(8)15(17)18/h2-5H,12H2,1H3,(H,13,14,16). The molecule has 1 heterocycles. The van der Waals surface area contributed by atoms with Crippen molar-refractivity contribution in [1.82, 2.24) is 4.98 Å². The molecule has 1 aromatic heterocycles. The number of amides is 1. The molecule has 0 saturated heterocycles. The lowest BCUT2D eigenvalue weighted by Crippen LogP contribution is -2.14. The first-order valence-electron chi connectivity index (χ1n) is 5.25. The van der Waals surface area contributed by atoms with Gasteiger partial charge < -0.3 is 5.73 Å². The molecular weight excluding hydrogens is 268 g/mol. The molecule has 0 bridgehead atoms. The summed E-state index contributed by atoms with van der Waals surface area (Å²) >= 11 is 1.25. The first-order chi connectivity index (χ1) is 8.97. The average Bonchev–Trinajstić information content (AvgIpc) is 2.74. The summed E-state index contributed by atoms with van der Waals surface area (Å²) in [4.78, 5) is 26.3. The van der Waals surface area contributed by atoms with Crippen LogP contribution in [0.25, 0.3) is 0 Å². The molecule has 0 saturated carbocycles. The molecule has 3 N–H and O–H groups in total. The van der Waals surface area contributed by atoms with Crippen LogP contribution >= 0.6 is 11.3 Å². The number of hydrogen-bond acceptors (Lipinski definition) is 6. The lowest BCUT2D eigenvalue weighted by Gasteiger charge is -2.04. The third-order valence-electron chi connectivity index (χ3n) is 2.30. The molecular formula is C11H10N4O3S. The Morgan fingerprint density at radius 3 is 2.84 bits per heavy atom. The van der Waals surface area contributed by atoms with Crippen molar-refractivity contribution in [3.8, 4) is 0 Å². The van der Waals surface area contributed by atoms with E-state index < -0.39 is 10.8 Å². The van der Waals surface area contributed by atoms with E-state index in [-0.39, 0.29) is 16.9 Å². The molecule has 0 fully saturated rings. The molecule has 0 radical (unpaired) electrons. The van der Waals surface area contributed by atoms with Gasteiger partial charge in [-0.3, -0.25) is 20.2 Å². The number of carbonyl (C=O) groups is 1. The van der Waals surface area contributed by atoms with Gasteiger partial charge in [-0.2, -0.15) is 0 Å². The van der Waals surface area contributed by atoms with E-state index in [0.29, 0.717) is 5.13 Å². The largest absolute Gasteiger partial charge is 0.399 e. The minimum Gasteiger partial charge on any atom is -0.399 e. The molecule has 0 aliphatic carbocycles. The lowest BCUT2D eigenvalue weighted by molar-refractivity contribution is -0.385. The predicted molar refractivity (Wildman–Crippen MR) is 72.3 cm³/mol. The number of nitro benzene ring substituents is 1. The number of aryl methyl sites for hydroxylation is 1. The number of nitrogens with one attached hydrogen (secondary N) is 1. The Bertz CT molecular complexity index is 653. The fourth-order valence-electron chi connectivity index (χ4n) is 1.47. The number of anilines is 2. The van der Waals surface area contributed by atoms with Gasteiger partial charge in [0.15, 0.2) is 5.13 Å². The van der Waals surface area contributed by atoms with Gasteiger partial charge in [-0.15, -0.1) is 11.3 Å². The number of nitrogen functional groups attached to an aromatic ring is 1. The van der Waals surface area contributed by atoms with Crippen molar-refractivity contribution in [1.29, 1.82) is 0 Å². The number of nitro groups is 1. The van der Waals surface area contributed by atoms with E-state index in [1.165, 1.54) is 29.5 Å². The van der Waals surface area contributed by atoms with Crippen LogP contribution in [-0.4, -0.2) is 15.8 Å². The summed E-state index contributed by atoms with van der Waals surface area (Å²) in [6.45, 7) is 1.79. The second kappa shape index (κ2) is 5.02. The van der Waals surface area contributed by atoms with Gasteiger partial charge in [0, 0.05) is 17.1 Å². The van der Waals surface area contributed by atoms with Gasteiger partial charge >= 0.3 is 0 Å². The minimum atomic E-state index is -0.624.